The second kappa shape index (κ2) is 7.70. The van der Waals surface area contributed by atoms with Gasteiger partial charge in [-0.1, -0.05) is 32.4 Å². The van der Waals surface area contributed by atoms with E-state index >= 15 is 0 Å². The predicted molar refractivity (Wildman–Crippen MR) is 104 cm³/mol. The van der Waals surface area contributed by atoms with Crippen molar-refractivity contribution in [1.82, 2.24) is 5.32 Å². The molecule has 1 aromatic carbocycles. The van der Waals surface area contributed by atoms with Crippen LogP contribution in [0.25, 0.3) is 0 Å². The average Bonchev–Trinajstić information content (AvgIpc) is 2.51. The van der Waals surface area contributed by atoms with E-state index in [9.17, 15) is 13.2 Å². The summed E-state index contributed by atoms with van der Waals surface area (Å²) in [6.45, 7) is 13.0. The molecular formula is C18H28ClF3N2OSi. The molecule has 0 bridgehead atoms. The van der Waals surface area contributed by atoms with Crippen LogP contribution in [0.4, 0.5) is 18.9 Å². The normalized spacial score (nSPS) is 19.7. The number of nitrogens with one attached hydrogen (secondary N) is 1. The van der Waals surface area contributed by atoms with Gasteiger partial charge in [0.2, 0.25) is 0 Å². The van der Waals surface area contributed by atoms with Crippen molar-refractivity contribution in [2.75, 3.05) is 31.1 Å². The van der Waals surface area contributed by atoms with Crippen LogP contribution in [-0.4, -0.2) is 40.6 Å². The molecule has 1 heterocycles. The van der Waals surface area contributed by atoms with Crippen molar-refractivity contribution < 1.29 is 17.6 Å². The predicted octanol–water partition coefficient (Wildman–Crippen LogP) is 5.16. The van der Waals surface area contributed by atoms with Crippen LogP contribution in [0.1, 0.15) is 26.3 Å². The number of hydrogen-bond donors (Lipinski definition) is 1. The lowest BCUT2D eigenvalue weighted by Gasteiger charge is -2.40. The van der Waals surface area contributed by atoms with Crippen molar-refractivity contribution in [3.63, 3.8) is 0 Å². The molecule has 1 aliphatic heterocycles. The summed E-state index contributed by atoms with van der Waals surface area (Å²) in [6, 6.07) is 3.96. The molecule has 0 aromatic heterocycles. The summed E-state index contributed by atoms with van der Waals surface area (Å²) in [7, 11) is -1.89. The van der Waals surface area contributed by atoms with E-state index in [4.69, 9.17) is 16.0 Å². The van der Waals surface area contributed by atoms with Crippen molar-refractivity contribution in [1.29, 1.82) is 0 Å². The highest BCUT2D eigenvalue weighted by Crippen LogP contribution is 2.39. The maximum atomic E-state index is 13.4. The molecule has 0 spiro atoms. The maximum absolute atomic E-state index is 13.4. The molecule has 1 atom stereocenters. The SMILES string of the molecule is CC(C)(C)[Si](C)(C)OCC1CN(c2ccc(Cl)cc2C(F)(F)F)CCN1. The zero-order chi connectivity index (χ0) is 19.8. The smallest absolute Gasteiger partial charge is 0.415 e. The highest BCUT2D eigenvalue weighted by Gasteiger charge is 2.39. The molecule has 1 aliphatic rings. The molecule has 2 rings (SSSR count). The highest BCUT2D eigenvalue weighted by atomic mass is 35.5. The molecule has 1 aromatic rings. The Bertz CT molecular complexity index is 632. The summed E-state index contributed by atoms with van der Waals surface area (Å²) in [5, 5.41) is 3.55. The largest absolute Gasteiger partial charge is 0.418 e. The molecule has 0 aliphatic carbocycles. The lowest BCUT2D eigenvalue weighted by Crippen LogP contribution is -2.55. The molecule has 1 unspecified atom stereocenters. The van der Waals surface area contributed by atoms with Gasteiger partial charge in [-0.3, -0.25) is 0 Å². The minimum absolute atomic E-state index is 0.00497. The van der Waals surface area contributed by atoms with Crippen LogP contribution in [-0.2, 0) is 10.6 Å². The van der Waals surface area contributed by atoms with E-state index in [1.54, 1.807) is 4.90 Å². The number of hydrogen-bond acceptors (Lipinski definition) is 3. The molecule has 0 radical (unpaired) electrons. The quantitative estimate of drug-likeness (QED) is 0.696. The van der Waals surface area contributed by atoms with Gasteiger partial charge in [0, 0.05) is 36.4 Å². The molecule has 0 saturated carbocycles. The summed E-state index contributed by atoms with van der Waals surface area (Å²) in [6.07, 6.45) is -4.43. The van der Waals surface area contributed by atoms with Crippen molar-refractivity contribution in [3.05, 3.63) is 28.8 Å². The van der Waals surface area contributed by atoms with E-state index in [-0.39, 0.29) is 21.8 Å². The van der Waals surface area contributed by atoms with Gasteiger partial charge in [0.15, 0.2) is 8.32 Å². The fraction of sp³-hybridized carbons (Fsp3) is 0.667. The van der Waals surface area contributed by atoms with E-state index in [2.05, 4.69) is 39.2 Å². The number of anilines is 1. The molecule has 26 heavy (non-hydrogen) atoms. The first kappa shape index (κ1) is 21.5. The molecule has 3 nitrogen and oxygen atoms in total. The van der Waals surface area contributed by atoms with Gasteiger partial charge in [-0.05, 0) is 36.3 Å². The summed E-state index contributed by atoms with van der Waals surface area (Å²) < 4.78 is 46.4. The highest BCUT2D eigenvalue weighted by molar-refractivity contribution is 6.74. The van der Waals surface area contributed by atoms with Gasteiger partial charge in [-0.25, -0.2) is 0 Å². The Morgan fingerprint density at radius 3 is 2.50 bits per heavy atom. The van der Waals surface area contributed by atoms with Gasteiger partial charge in [-0.15, -0.1) is 0 Å². The van der Waals surface area contributed by atoms with E-state index in [1.807, 2.05) is 0 Å². The monoisotopic (exact) mass is 408 g/mol. The number of halogens is 4. The number of rotatable bonds is 4. The molecule has 148 valence electrons. The number of alkyl halides is 3. The minimum Gasteiger partial charge on any atom is -0.415 e. The number of benzene rings is 1. The second-order valence-electron chi connectivity index (χ2n) is 8.33. The first-order chi connectivity index (χ1) is 11.8. The van der Waals surface area contributed by atoms with Gasteiger partial charge in [0.25, 0.3) is 0 Å². The molecule has 1 N–H and O–H groups in total. The fourth-order valence-electron chi connectivity index (χ4n) is 2.69. The van der Waals surface area contributed by atoms with Gasteiger partial charge in [0.1, 0.15) is 0 Å². The molecular weight excluding hydrogens is 381 g/mol. The lowest BCUT2D eigenvalue weighted by molar-refractivity contribution is -0.137. The molecule has 8 heteroatoms. The van der Waals surface area contributed by atoms with Gasteiger partial charge >= 0.3 is 6.18 Å². The second-order valence-corrected chi connectivity index (χ2v) is 13.6. The van der Waals surface area contributed by atoms with Crippen LogP contribution >= 0.6 is 11.6 Å². The minimum atomic E-state index is -4.43. The van der Waals surface area contributed by atoms with Crippen molar-refractivity contribution in [3.8, 4) is 0 Å². The van der Waals surface area contributed by atoms with Crippen LogP contribution in [0.3, 0.4) is 0 Å². The van der Waals surface area contributed by atoms with Crippen molar-refractivity contribution in [2.24, 2.45) is 0 Å². The summed E-state index contributed by atoms with van der Waals surface area (Å²) in [5.74, 6) is 0. The topological polar surface area (TPSA) is 24.5 Å². The van der Waals surface area contributed by atoms with Crippen molar-refractivity contribution >= 4 is 25.6 Å². The van der Waals surface area contributed by atoms with Crippen LogP contribution in [0.15, 0.2) is 18.2 Å². The molecule has 0 amide bonds. The Balaban J connectivity index is 2.12. The van der Waals surface area contributed by atoms with Crippen molar-refractivity contribution in [2.45, 2.75) is 51.1 Å². The summed E-state index contributed by atoms with van der Waals surface area (Å²) in [4.78, 5) is 1.77. The number of piperazine rings is 1. The van der Waals surface area contributed by atoms with E-state index in [1.165, 1.54) is 12.1 Å². The van der Waals surface area contributed by atoms with Gasteiger partial charge < -0.3 is 14.6 Å². The molecule has 1 saturated heterocycles. The van der Waals surface area contributed by atoms with Gasteiger partial charge in [0.05, 0.1) is 12.2 Å². The third kappa shape index (κ3) is 5.15. The van der Waals surface area contributed by atoms with Crippen LogP contribution in [0, 0.1) is 0 Å². The molecule has 1 fully saturated rings. The standard InChI is InChI=1S/C18H28ClF3N2OSi/c1-17(2,3)26(4,5)25-12-14-11-24(9-8-23-14)16-7-6-13(19)10-15(16)18(20,21)22/h6-7,10,14,23H,8-9,11-12H2,1-5H3. The van der Waals surface area contributed by atoms with E-state index < -0.39 is 20.1 Å². The lowest BCUT2D eigenvalue weighted by atomic mass is 10.1. The Hall–Kier alpha value is -0.763. The van der Waals surface area contributed by atoms with Gasteiger partial charge in [-0.2, -0.15) is 13.2 Å². The fourth-order valence-corrected chi connectivity index (χ4v) is 3.92. The van der Waals surface area contributed by atoms with E-state index in [0.29, 0.717) is 26.2 Å². The first-order valence-electron chi connectivity index (χ1n) is 8.80. The maximum Gasteiger partial charge on any atom is 0.418 e. The van der Waals surface area contributed by atoms with Crippen LogP contribution in [0.5, 0.6) is 0 Å². The number of nitrogens with zero attached hydrogens (tertiary/aromatic N) is 1. The third-order valence-electron chi connectivity index (χ3n) is 5.31. The Labute approximate surface area is 160 Å². The summed E-state index contributed by atoms with van der Waals surface area (Å²) in [5.41, 5.74) is -0.503. The van der Waals surface area contributed by atoms with E-state index in [0.717, 1.165) is 6.07 Å². The third-order valence-corrected chi connectivity index (χ3v) is 10.0. The summed E-state index contributed by atoms with van der Waals surface area (Å²) >= 11 is 5.79. The zero-order valence-corrected chi connectivity index (χ0v) is 17.8. The Morgan fingerprint density at radius 2 is 1.92 bits per heavy atom. The zero-order valence-electron chi connectivity index (χ0n) is 16.0. The Kier molecular flexibility index (Phi) is 6.37. The Morgan fingerprint density at radius 1 is 1.27 bits per heavy atom. The first-order valence-corrected chi connectivity index (χ1v) is 12.1. The van der Waals surface area contributed by atoms with Crippen LogP contribution in [0.2, 0.25) is 23.2 Å². The van der Waals surface area contributed by atoms with Crippen LogP contribution < -0.4 is 10.2 Å². The average molecular weight is 409 g/mol.